The van der Waals surface area contributed by atoms with Gasteiger partial charge in [0, 0.05) is 31.7 Å². The standard InChI is InChI=1S/C26H35N3O2/c1-20(18-28-14-5-2-6-15-28)17-27-25(30)22-11-8-16-29(19-22)26(31)24-13-7-10-21-9-3-4-12-23(21)24/h3-4,7,9-10,12-13,20,22H,2,5-6,8,11,14-19H2,1H3,(H,27,30). The Labute approximate surface area is 185 Å². The molecule has 4 rings (SSSR count). The van der Waals surface area contributed by atoms with Gasteiger partial charge >= 0.3 is 0 Å². The molecule has 2 aliphatic rings. The Morgan fingerprint density at radius 3 is 2.61 bits per heavy atom. The highest BCUT2D eigenvalue weighted by Gasteiger charge is 2.29. The van der Waals surface area contributed by atoms with Crippen LogP contribution in [0.4, 0.5) is 0 Å². The molecular weight excluding hydrogens is 386 g/mol. The number of carbonyl (C=O) groups is 2. The van der Waals surface area contributed by atoms with E-state index in [2.05, 4.69) is 17.1 Å². The number of likely N-dealkylation sites (tertiary alicyclic amines) is 2. The molecule has 2 aromatic carbocycles. The average Bonchev–Trinajstić information content (AvgIpc) is 2.82. The van der Waals surface area contributed by atoms with Crippen molar-refractivity contribution in [2.45, 2.75) is 39.0 Å². The molecule has 0 spiro atoms. The van der Waals surface area contributed by atoms with Crippen molar-refractivity contribution >= 4 is 22.6 Å². The Bertz CT molecular complexity index is 901. The maximum Gasteiger partial charge on any atom is 0.254 e. The molecule has 31 heavy (non-hydrogen) atoms. The summed E-state index contributed by atoms with van der Waals surface area (Å²) in [6.45, 7) is 7.58. The van der Waals surface area contributed by atoms with Crippen molar-refractivity contribution in [1.29, 1.82) is 0 Å². The van der Waals surface area contributed by atoms with Crippen LogP contribution in [0.5, 0.6) is 0 Å². The van der Waals surface area contributed by atoms with Gasteiger partial charge in [-0.1, -0.05) is 49.7 Å². The Hall–Kier alpha value is -2.40. The first-order valence-electron chi connectivity index (χ1n) is 11.9. The van der Waals surface area contributed by atoms with Crippen LogP contribution in [-0.2, 0) is 4.79 Å². The van der Waals surface area contributed by atoms with Gasteiger partial charge in [-0.2, -0.15) is 0 Å². The SMILES string of the molecule is CC(CNC(=O)C1CCCN(C(=O)c2cccc3ccccc23)C1)CN1CCCCC1. The summed E-state index contributed by atoms with van der Waals surface area (Å²) in [5.74, 6) is 0.461. The lowest BCUT2D eigenvalue weighted by Crippen LogP contribution is -2.46. The third-order valence-corrected chi connectivity index (χ3v) is 6.74. The van der Waals surface area contributed by atoms with Crippen molar-refractivity contribution in [3.8, 4) is 0 Å². The number of piperidine rings is 2. The highest BCUT2D eigenvalue weighted by Crippen LogP contribution is 2.23. The Morgan fingerprint density at radius 1 is 1.00 bits per heavy atom. The molecule has 2 fully saturated rings. The molecule has 166 valence electrons. The smallest absolute Gasteiger partial charge is 0.254 e. The second-order valence-corrected chi connectivity index (χ2v) is 9.33. The summed E-state index contributed by atoms with van der Waals surface area (Å²) in [6.07, 6.45) is 5.66. The molecule has 2 atom stereocenters. The van der Waals surface area contributed by atoms with E-state index in [-0.39, 0.29) is 17.7 Å². The van der Waals surface area contributed by atoms with Crippen LogP contribution in [0.15, 0.2) is 42.5 Å². The molecule has 2 amide bonds. The lowest BCUT2D eigenvalue weighted by atomic mass is 9.95. The quantitative estimate of drug-likeness (QED) is 0.769. The number of fused-ring (bicyclic) bond motifs is 1. The summed E-state index contributed by atoms with van der Waals surface area (Å²) in [7, 11) is 0. The topological polar surface area (TPSA) is 52.7 Å². The fraction of sp³-hybridized carbons (Fsp3) is 0.538. The molecule has 5 heteroatoms. The number of hydrogen-bond acceptors (Lipinski definition) is 3. The molecule has 2 aliphatic heterocycles. The fourth-order valence-corrected chi connectivity index (χ4v) is 5.02. The number of rotatable bonds is 6. The van der Waals surface area contributed by atoms with Crippen molar-refractivity contribution in [3.63, 3.8) is 0 Å². The Morgan fingerprint density at radius 2 is 1.77 bits per heavy atom. The number of nitrogens with one attached hydrogen (secondary N) is 1. The van der Waals surface area contributed by atoms with Crippen molar-refractivity contribution in [3.05, 3.63) is 48.0 Å². The van der Waals surface area contributed by atoms with Crippen LogP contribution in [0.2, 0.25) is 0 Å². The molecule has 2 heterocycles. The second kappa shape index (κ2) is 10.3. The van der Waals surface area contributed by atoms with Crippen LogP contribution in [0.1, 0.15) is 49.4 Å². The molecule has 2 aromatic rings. The first-order valence-corrected chi connectivity index (χ1v) is 11.9. The third-order valence-electron chi connectivity index (χ3n) is 6.74. The van der Waals surface area contributed by atoms with E-state index < -0.39 is 0 Å². The van der Waals surface area contributed by atoms with Gasteiger partial charge in [0.25, 0.3) is 5.91 Å². The van der Waals surface area contributed by atoms with Gasteiger partial charge < -0.3 is 15.1 Å². The van der Waals surface area contributed by atoms with Crippen LogP contribution in [0.25, 0.3) is 10.8 Å². The van der Waals surface area contributed by atoms with Crippen LogP contribution >= 0.6 is 0 Å². The summed E-state index contributed by atoms with van der Waals surface area (Å²) in [5, 5.41) is 5.22. The number of carbonyl (C=O) groups excluding carboxylic acids is 2. The first kappa shape index (κ1) is 21.8. The summed E-state index contributed by atoms with van der Waals surface area (Å²) in [6, 6.07) is 13.9. The molecule has 2 unspecified atom stereocenters. The molecule has 0 saturated carbocycles. The molecule has 1 N–H and O–H groups in total. The minimum atomic E-state index is -0.116. The molecule has 5 nitrogen and oxygen atoms in total. The molecular formula is C26H35N3O2. The lowest BCUT2D eigenvalue weighted by Gasteiger charge is -2.33. The summed E-state index contributed by atoms with van der Waals surface area (Å²) >= 11 is 0. The predicted molar refractivity (Wildman–Crippen MR) is 125 cm³/mol. The van der Waals surface area contributed by atoms with Crippen LogP contribution in [0, 0.1) is 11.8 Å². The van der Waals surface area contributed by atoms with E-state index >= 15 is 0 Å². The van der Waals surface area contributed by atoms with Crippen LogP contribution < -0.4 is 5.32 Å². The predicted octanol–water partition coefficient (Wildman–Crippen LogP) is 3.93. The number of amides is 2. The van der Waals surface area contributed by atoms with E-state index in [1.54, 1.807) is 0 Å². The van der Waals surface area contributed by atoms with E-state index in [1.807, 2.05) is 47.4 Å². The van der Waals surface area contributed by atoms with E-state index in [0.29, 0.717) is 19.0 Å². The van der Waals surface area contributed by atoms with Crippen molar-refractivity contribution in [1.82, 2.24) is 15.1 Å². The van der Waals surface area contributed by atoms with Crippen molar-refractivity contribution < 1.29 is 9.59 Å². The molecule has 0 aromatic heterocycles. The zero-order valence-electron chi connectivity index (χ0n) is 18.7. The highest BCUT2D eigenvalue weighted by atomic mass is 16.2. The molecule has 0 radical (unpaired) electrons. The van der Waals surface area contributed by atoms with Gasteiger partial charge in [0.05, 0.1) is 5.92 Å². The summed E-state index contributed by atoms with van der Waals surface area (Å²) < 4.78 is 0. The minimum Gasteiger partial charge on any atom is -0.355 e. The van der Waals surface area contributed by atoms with Crippen molar-refractivity contribution in [2.24, 2.45) is 11.8 Å². The van der Waals surface area contributed by atoms with Crippen molar-refractivity contribution in [2.75, 3.05) is 39.3 Å². The normalized spacial score (nSPS) is 21.1. The Balaban J connectivity index is 1.32. The average molecular weight is 422 g/mol. The zero-order valence-corrected chi connectivity index (χ0v) is 18.7. The molecule has 0 bridgehead atoms. The number of nitrogens with zero attached hydrogens (tertiary/aromatic N) is 2. The maximum absolute atomic E-state index is 13.3. The van der Waals surface area contributed by atoms with E-state index in [0.717, 1.165) is 42.3 Å². The van der Waals surface area contributed by atoms with E-state index in [4.69, 9.17) is 0 Å². The zero-order chi connectivity index (χ0) is 21.6. The number of benzene rings is 2. The van der Waals surface area contributed by atoms with Gasteiger partial charge in [-0.15, -0.1) is 0 Å². The number of hydrogen-bond donors (Lipinski definition) is 1. The summed E-state index contributed by atoms with van der Waals surface area (Å²) in [4.78, 5) is 30.5. The maximum atomic E-state index is 13.3. The molecule has 2 saturated heterocycles. The third kappa shape index (κ3) is 5.45. The van der Waals surface area contributed by atoms with Gasteiger partial charge in [-0.05, 0) is 61.5 Å². The summed E-state index contributed by atoms with van der Waals surface area (Å²) in [5.41, 5.74) is 0.731. The minimum absolute atomic E-state index is 0.0350. The van der Waals surface area contributed by atoms with Crippen LogP contribution in [-0.4, -0.2) is 60.9 Å². The van der Waals surface area contributed by atoms with Crippen LogP contribution in [0.3, 0.4) is 0 Å². The second-order valence-electron chi connectivity index (χ2n) is 9.33. The van der Waals surface area contributed by atoms with Gasteiger partial charge in [0.2, 0.25) is 5.91 Å². The van der Waals surface area contributed by atoms with Gasteiger partial charge in [0.15, 0.2) is 0 Å². The first-order chi connectivity index (χ1) is 15.1. The van der Waals surface area contributed by atoms with Gasteiger partial charge in [-0.3, -0.25) is 9.59 Å². The van der Waals surface area contributed by atoms with E-state index in [9.17, 15) is 9.59 Å². The monoisotopic (exact) mass is 421 g/mol. The van der Waals surface area contributed by atoms with Gasteiger partial charge in [-0.25, -0.2) is 0 Å². The lowest BCUT2D eigenvalue weighted by molar-refractivity contribution is -0.126. The molecule has 0 aliphatic carbocycles. The highest BCUT2D eigenvalue weighted by molar-refractivity contribution is 6.07. The fourth-order valence-electron chi connectivity index (χ4n) is 5.02. The van der Waals surface area contributed by atoms with Gasteiger partial charge in [0.1, 0.15) is 0 Å². The van der Waals surface area contributed by atoms with E-state index in [1.165, 1.54) is 32.4 Å². The Kier molecular flexibility index (Phi) is 7.23. The largest absolute Gasteiger partial charge is 0.355 e.